The van der Waals surface area contributed by atoms with Gasteiger partial charge >= 0.3 is 0 Å². The first-order valence-electron chi connectivity index (χ1n) is 6.87. The fraction of sp³-hybridized carbons (Fsp3) is 0.294. The molecule has 0 heterocycles. The summed E-state index contributed by atoms with van der Waals surface area (Å²) in [5.74, 6) is 1.52. The van der Waals surface area contributed by atoms with Gasteiger partial charge in [-0.05, 0) is 49.2 Å². The van der Waals surface area contributed by atoms with Crippen molar-refractivity contribution in [2.75, 3.05) is 7.11 Å². The molecule has 0 fully saturated rings. The van der Waals surface area contributed by atoms with Gasteiger partial charge in [0, 0.05) is 5.02 Å². The lowest BCUT2D eigenvalue weighted by Gasteiger charge is -2.17. The molecule has 2 aromatic rings. The Kier molecular flexibility index (Phi) is 5.10. The van der Waals surface area contributed by atoms with E-state index < -0.39 is 0 Å². The molecule has 1 unspecified atom stereocenters. The van der Waals surface area contributed by atoms with E-state index in [1.54, 1.807) is 13.2 Å². The van der Waals surface area contributed by atoms with Crippen LogP contribution in [-0.4, -0.2) is 13.2 Å². The third-order valence-electron chi connectivity index (χ3n) is 3.13. The van der Waals surface area contributed by atoms with Crippen molar-refractivity contribution in [2.24, 2.45) is 5.73 Å². The highest BCUT2D eigenvalue weighted by atomic mass is 35.5. The molecule has 0 aromatic heterocycles. The van der Waals surface area contributed by atoms with Crippen LogP contribution in [0.4, 0.5) is 0 Å². The monoisotopic (exact) mass is 305 g/mol. The quantitative estimate of drug-likeness (QED) is 0.901. The Morgan fingerprint density at radius 2 is 1.81 bits per heavy atom. The highest BCUT2D eigenvalue weighted by Crippen LogP contribution is 2.31. The minimum Gasteiger partial charge on any atom is -0.497 e. The summed E-state index contributed by atoms with van der Waals surface area (Å²) in [6.07, 6.45) is 0.126. The van der Waals surface area contributed by atoms with E-state index in [0.717, 1.165) is 16.9 Å². The van der Waals surface area contributed by atoms with Crippen LogP contribution in [0.1, 0.15) is 31.0 Å². The zero-order valence-corrected chi connectivity index (χ0v) is 13.2. The second kappa shape index (κ2) is 6.83. The van der Waals surface area contributed by atoms with Gasteiger partial charge in [0.25, 0.3) is 0 Å². The van der Waals surface area contributed by atoms with Crippen molar-refractivity contribution in [3.63, 3.8) is 0 Å². The van der Waals surface area contributed by atoms with Crippen molar-refractivity contribution in [3.8, 4) is 11.5 Å². The molecular formula is C17H20ClNO2. The molecule has 0 bridgehead atoms. The van der Waals surface area contributed by atoms with E-state index in [1.165, 1.54) is 0 Å². The van der Waals surface area contributed by atoms with Gasteiger partial charge in [0.15, 0.2) is 0 Å². The predicted octanol–water partition coefficient (Wildman–Crippen LogP) is 4.18. The van der Waals surface area contributed by atoms with Gasteiger partial charge in [-0.2, -0.15) is 0 Å². The highest BCUT2D eigenvalue weighted by Gasteiger charge is 2.14. The van der Waals surface area contributed by atoms with E-state index in [4.69, 9.17) is 26.8 Å². The third-order valence-corrected chi connectivity index (χ3v) is 3.46. The van der Waals surface area contributed by atoms with Gasteiger partial charge in [-0.15, -0.1) is 0 Å². The molecule has 3 nitrogen and oxygen atoms in total. The van der Waals surface area contributed by atoms with Crippen LogP contribution in [0.3, 0.4) is 0 Å². The second-order valence-corrected chi connectivity index (χ2v) is 5.51. The molecule has 2 N–H and O–H groups in total. The minimum atomic E-state index is -0.306. The van der Waals surface area contributed by atoms with E-state index in [-0.39, 0.29) is 12.1 Å². The van der Waals surface area contributed by atoms with E-state index >= 15 is 0 Å². The minimum absolute atomic E-state index is 0.126. The maximum absolute atomic E-state index is 6.33. The molecule has 0 aliphatic heterocycles. The third kappa shape index (κ3) is 3.90. The number of hydrogen-bond donors (Lipinski definition) is 1. The van der Waals surface area contributed by atoms with Crippen LogP contribution >= 0.6 is 11.6 Å². The number of ether oxygens (including phenoxy) is 2. The Morgan fingerprint density at radius 1 is 1.05 bits per heavy atom. The first-order valence-corrected chi connectivity index (χ1v) is 7.24. The average Bonchev–Trinajstić information content (AvgIpc) is 2.46. The molecule has 0 aliphatic carbocycles. The fourth-order valence-electron chi connectivity index (χ4n) is 2.12. The van der Waals surface area contributed by atoms with E-state index in [2.05, 4.69) is 0 Å². The SMILES string of the molecule is COc1ccc(C(N)c2cccc(OC(C)C)c2)c(Cl)c1. The van der Waals surface area contributed by atoms with E-state index in [1.807, 2.05) is 50.2 Å². The van der Waals surface area contributed by atoms with Crippen molar-refractivity contribution in [2.45, 2.75) is 26.0 Å². The molecule has 0 spiro atoms. The summed E-state index contributed by atoms with van der Waals surface area (Å²) in [6, 6.07) is 13.0. The van der Waals surface area contributed by atoms with Gasteiger partial charge in [0.1, 0.15) is 11.5 Å². The number of nitrogens with two attached hydrogens (primary N) is 1. The fourth-order valence-corrected chi connectivity index (χ4v) is 2.41. The van der Waals surface area contributed by atoms with Crippen molar-refractivity contribution < 1.29 is 9.47 Å². The number of benzene rings is 2. The van der Waals surface area contributed by atoms with E-state index in [0.29, 0.717) is 10.8 Å². The number of halogens is 1. The molecule has 0 saturated heterocycles. The van der Waals surface area contributed by atoms with Crippen LogP contribution in [-0.2, 0) is 0 Å². The molecule has 21 heavy (non-hydrogen) atoms. The molecule has 0 radical (unpaired) electrons. The lowest BCUT2D eigenvalue weighted by molar-refractivity contribution is 0.242. The first-order chi connectivity index (χ1) is 10.0. The first kappa shape index (κ1) is 15.7. The Balaban J connectivity index is 2.29. The summed E-state index contributed by atoms with van der Waals surface area (Å²) in [5.41, 5.74) is 8.15. The maximum atomic E-state index is 6.33. The topological polar surface area (TPSA) is 44.5 Å². The van der Waals surface area contributed by atoms with Crippen LogP contribution in [0.15, 0.2) is 42.5 Å². The van der Waals surface area contributed by atoms with Crippen LogP contribution in [0.5, 0.6) is 11.5 Å². The number of rotatable bonds is 5. The lowest BCUT2D eigenvalue weighted by atomic mass is 9.99. The predicted molar refractivity (Wildman–Crippen MR) is 86.2 cm³/mol. The smallest absolute Gasteiger partial charge is 0.120 e. The van der Waals surface area contributed by atoms with Gasteiger partial charge in [-0.3, -0.25) is 0 Å². The largest absolute Gasteiger partial charge is 0.497 e. The molecule has 2 aromatic carbocycles. The summed E-state index contributed by atoms with van der Waals surface area (Å²) in [4.78, 5) is 0. The van der Waals surface area contributed by atoms with Crippen molar-refractivity contribution in [1.29, 1.82) is 0 Å². The second-order valence-electron chi connectivity index (χ2n) is 5.10. The Bertz CT molecular complexity index is 613. The number of hydrogen-bond acceptors (Lipinski definition) is 3. The van der Waals surface area contributed by atoms with Crippen LogP contribution in [0, 0.1) is 0 Å². The Morgan fingerprint density at radius 3 is 2.43 bits per heavy atom. The van der Waals surface area contributed by atoms with Crippen molar-refractivity contribution in [3.05, 3.63) is 58.6 Å². The van der Waals surface area contributed by atoms with Crippen molar-refractivity contribution >= 4 is 11.6 Å². The van der Waals surface area contributed by atoms with E-state index in [9.17, 15) is 0 Å². The summed E-state index contributed by atoms with van der Waals surface area (Å²) < 4.78 is 10.9. The summed E-state index contributed by atoms with van der Waals surface area (Å²) >= 11 is 6.29. The Labute approximate surface area is 130 Å². The zero-order chi connectivity index (χ0) is 15.4. The number of methoxy groups -OCH3 is 1. The molecule has 112 valence electrons. The van der Waals surface area contributed by atoms with Gasteiger partial charge in [0.2, 0.25) is 0 Å². The normalized spacial score (nSPS) is 12.3. The highest BCUT2D eigenvalue weighted by molar-refractivity contribution is 6.31. The van der Waals surface area contributed by atoms with Gasteiger partial charge in [0.05, 0.1) is 19.3 Å². The molecule has 0 aliphatic rings. The molecule has 0 saturated carbocycles. The van der Waals surface area contributed by atoms with Crippen LogP contribution < -0.4 is 15.2 Å². The molecule has 0 amide bonds. The van der Waals surface area contributed by atoms with Crippen molar-refractivity contribution in [1.82, 2.24) is 0 Å². The maximum Gasteiger partial charge on any atom is 0.120 e. The Hall–Kier alpha value is -1.71. The van der Waals surface area contributed by atoms with Crippen LogP contribution in [0.2, 0.25) is 5.02 Å². The average molecular weight is 306 g/mol. The van der Waals surface area contributed by atoms with Gasteiger partial charge < -0.3 is 15.2 Å². The van der Waals surface area contributed by atoms with Crippen LogP contribution in [0.25, 0.3) is 0 Å². The molecule has 1 atom stereocenters. The standard InChI is InChI=1S/C17H20ClNO2/c1-11(2)21-14-6-4-5-12(9-14)17(19)15-8-7-13(20-3)10-16(15)18/h4-11,17H,19H2,1-3H3. The summed E-state index contributed by atoms with van der Waals surface area (Å²) in [6.45, 7) is 3.99. The van der Waals surface area contributed by atoms with Gasteiger partial charge in [-0.1, -0.05) is 29.8 Å². The molecule has 2 rings (SSSR count). The van der Waals surface area contributed by atoms with Gasteiger partial charge in [-0.25, -0.2) is 0 Å². The molecule has 4 heteroatoms. The zero-order valence-electron chi connectivity index (χ0n) is 12.5. The summed E-state index contributed by atoms with van der Waals surface area (Å²) in [5, 5.41) is 0.594. The summed E-state index contributed by atoms with van der Waals surface area (Å²) in [7, 11) is 1.61. The molecular weight excluding hydrogens is 286 g/mol. The lowest BCUT2D eigenvalue weighted by Crippen LogP contribution is -2.13.